The van der Waals surface area contributed by atoms with Gasteiger partial charge in [0.25, 0.3) is 0 Å². The average molecular weight is 253 g/mol. The van der Waals surface area contributed by atoms with Gasteiger partial charge in [0.15, 0.2) is 0 Å². The maximum atomic E-state index is 11.7. The summed E-state index contributed by atoms with van der Waals surface area (Å²) in [6.07, 6.45) is 0. The van der Waals surface area contributed by atoms with Gasteiger partial charge in [0.2, 0.25) is 0 Å². The molecule has 0 aromatic heterocycles. The lowest BCUT2D eigenvalue weighted by Crippen LogP contribution is -2.56. The standard InChI is InChI=1S/C13H17ClN2O/c1-9(17)13(8-16-6-12(15)7-16)10-2-4-11(14)5-3-10/h2-5,12-13H,6-8,15H2,1H3/t13-/m1/s1. The third kappa shape index (κ3) is 3.06. The summed E-state index contributed by atoms with van der Waals surface area (Å²) in [6.45, 7) is 4.17. The number of ketones is 1. The molecule has 0 aliphatic carbocycles. The third-order valence-corrected chi connectivity index (χ3v) is 3.44. The molecule has 1 aromatic carbocycles. The molecule has 1 saturated heterocycles. The molecule has 1 aromatic rings. The molecule has 1 fully saturated rings. The van der Waals surface area contributed by atoms with E-state index in [2.05, 4.69) is 4.90 Å². The minimum absolute atomic E-state index is 0.0697. The summed E-state index contributed by atoms with van der Waals surface area (Å²) < 4.78 is 0. The zero-order chi connectivity index (χ0) is 12.4. The lowest BCUT2D eigenvalue weighted by atomic mass is 9.93. The normalized spacial score (nSPS) is 18.8. The van der Waals surface area contributed by atoms with Gasteiger partial charge in [-0.05, 0) is 24.6 Å². The molecule has 0 radical (unpaired) electrons. The summed E-state index contributed by atoms with van der Waals surface area (Å²) in [4.78, 5) is 13.9. The summed E-state index contributed by atoms with van der Waals surface area (Å²) in [7, 11) is 0. The van der Waals surface area contributed by atoms with E-state index >= 15 is 0 Å². The zero-order valence-electron chi connectivity index (χ0n) is 9.90. The van der Waals surface area contributed by atoms with Gasteiger partial charge in [-0.1, -0.05) is 23.7 Å². The van der Waals surface area contributed by atoms with Crippen LogP contribution in [-0.4, -0.2) is 36.4 Å². The molecule has 1 atom stereocenters. The first-order valence-corrected chi connectivity index (χ1v) is 6.18. The van der Waals surface area contributed by atoms with Crippen molar-refractivity contribution in [2.75, 3.05) is 19.6 Å². The molecule has 17 heavy (non-hydrogen) atoms. The quantitative estimate of drug-likeness (QED) is 0.887. The van der Waals surface area contributed by atoms with Crippen LogP contribution in [0.3, 0.4) is 0 Å². The van der Waals surface area contributed by atoms with Crippen LogP contribution in [0.4, 0.5) is 0 Å². The van der Waals surface area contributed by atoms with Crippen LogP contribution in [0.5, 0.6) is 0 Å². The fourth-order valence-corrected chi connectivity index (χ4v) is 2.31. The number of carbonyl (C=O) groups is 1. The van der Waals surface area contributed by atoms with Crippen LogP contribution in [0.2, 0.25) is 5.02 Å². The number of halogens is 1. The van der Waals surface area contributed by atoms with Gasteiger partial charge in [0.05, 0.1) is 5.92 Å². The Labute approximate surface area is 107 Å². The average Bonchev–Trinajstić information content (AvgIpc) is 2.24. The lowest BCUT2D eigenvalue weighted by Gasteiger charge is -2.38. The number of rotatable bonds is 4. The predicted octanol–water partition coefficient (Wildman–Crippen LogP) is 1.66. The first-order chi connectivity index (χ1) is 8.06. The van der Waals surface area contributed by atoms with Crippen molar-refractivity contribution in [1.82, 2.24) is 4.90 Å². The summed E-state index contributed by atoms with van der Waals surface area (Å²) in [5.74, 6) is 0.118. The van der Waals surface area contributed by atoms with Crippen molar-refractivity contribution < 1.29 is 4.79 Å². The SMILES string of the molecule is CC(=O)[C@@H](CN1CC(N)C1)c1ccc(Cl)cc1. The van der Waals surface area contributed by atoms with Crippen LogP contribution in [0.25, 0.3) is 0 Å². The van der Waals surface area contributed by atoms with E-state index in [-0.39, 0.29) is 17.7 Å². The van der Waals surface area contributed by atoms with Gasteiger partial charge in [0, 0.05) is 30.7 Å². The Balaban J connectivity index is 2.06. The number of carbonyl (C=O) groups excluding carboxylic acids is 1. The maximum absolute atomic E-state index is 11.7. The van der Waals surface area contributed by atoms with Crippen LogP contribution >= 0.6 is 11.6 Å². The van der Waals surface area contributed by atoms with E-state index in [1.807, 2.05) is 24.3 Å². The molecule has 0 amide bonds. The Hall–Kier alpha value is -0.900. The minimum atomic E-state index is -0.0697. The van der Waals surface area contributed by atoms with Crippen molar-refractivity contribution in [1.29, 1.82) is 0 Å². The maximum Gasteiger partial charge on any atom is 0.138 e. The minimum Gasteiger partial charge on any atom is -0.325 e. The highest BCUT2D eigenvalue weighted by Gasteiger charge is 2.28. The molecule has 1 aliphatic rings. The second-order valence-electron chi connectivity index (χ2n) is 4.69. The second-order valence-corrected chi connectivity index (χ2v) is 5.13. The summed E-state index contributed by atoms with van der Waals surface area (Å²) in [5.41, 5.74) is 6.77. The summed E-state index contributed by atoms with van der Waals surface area (Å²) in [6, 6.07) is 7.78. The third-order valence-electron chi connectivity index (χ3n) is 3.19. The smallest absolute Gasteiger partial charge is 0.138 e. The van der Waals surface area contributed by atoms with Crippen molar-refractivity contribution in [2.45, 2.75) is 18.9 Å². The molecule has 2 rings (SSSR count). The number of hydrogen-bond donors (Lipinski definition) is 1. The van der Waals surface area contributed by atoms with Crippen LogP contribution in [0, 0.1) is 0 Å². The number of nitrogens with zero attached hydrogens (tertiary/aromatic N) is 1. The van der Waals surface area contributed by atoms with E-state index in [9.17, 15) is 4.79 Å². The zero-order valence-corrected chi connectivity index (χ0v) is 10.7. The monoisotopic (exact) mass is 252 g/mol. The number of benzene rings is 1. The van der Waals surface area contributed by atoms with Gasteiger partial charge in [-0.2, -0.15) is 0 Å². The Morgan fingerprint density at radius 1 is 1.47 bits per heavy atom. The molecule has 0 spiro atoms. The van der Waals surface area contributed by atoms with E-state index in [1.54, 1.807) is 6.92 Å². The van der Waals surface area contributed by atoms with Gasteiger partial charge in [-0.25, -0.2) is 0 Å². The van der Waals surface area contributed by atoms with Crippen molar-refractivity contribution in [2.24, 2.45) is 5.73 Å². The van der Waals surface area contributed by atoms with Crippen molar-refractivity contribution in [3.05, 3.63) is 34.9 Å². The molecule has 4 heteroatoms. The van der Waals surface area contributed by atoms with Crippen molar-refractivity contribution in [3.8, 4) is 0 Å². The van der Waals surface area contributed by atoms with Crippen LogP contribution < -0.4 is 5.73 Å². The van der Waals surface area contributed by atoms with Gasteiger partial charge >= 0.3 is 0 Å². The Bertz CT molecular complexity index is 398. The molecule has 0 saturated carbocycles. The Morgan fingerprint density at radius 2 is 2.06 bits per heavy atom. The Morgan fingerprint density at radius 3 is 2.53 bits per heavy atom. The molecule has 0 bridgehead atoms. The van der Waals surface area contributed by atoms with E-state index in [0.29, 0.717) is 5.02 Å². The van der Waals surface area contributed by atoms with Gasteiger partial charge in [0.1, 0.15) is 5.78 Å². The molecule has 1 heterocycles. The lowest BCUT2D eigenvalue weighted by molar-refractivity contribution is -0.119. The Kier molecular flexibility index (Phi) is 3.82. The molecule has 2 N–H and O–H groups in total. The second kappa shape index (κ2) is 5.17. The molecule has 3 nitrogen and oxygen atoms in total. The molecule has 1 aliphatic heterocycles. The van der Waals surface area contributed by atoms with Gasteiger partial charge in [-0.3, -0.25) is 9.69 Å². The molecular formula is C13H17ClN2O. The van der Waals surface area contributed by atoms with Crippen LogP contribution in [-0.2, 0) is 4.79 Å². The fraction of sp³-hybridized carbons (Fsp3) is 0.462. The largest absolute Gasteiger partial charge is 0.325 e. The fourth-order valence-electron chi connectivity index (χ4n) is 2.18. The van der Waals surface area contributed by atoms with E-state index in [1.165, 1.54) is 0 Å². The summed E-state index contributed by atoms with van der Waals surface area (Å²) >= 11 is 5.85. The van der Waals surface area contributed by atoms with E-state index in [0.717, 1.165) is 25.2 Å². The molecule has 92 valence electrons. The van der Waals surface area contributed by atoms with Gasteiger partial charge < -0.3 is 5.73 Å². The molecule has 0 unspecified atom stereocenters. The van der Waals surface area contributed by atoms with Crippen LogP contribution in [0.1, 0.15) is 18.4 Å². The van der Waals surface area contributed by atoms with Crippen molar-refractivity contribution >= 4 is 17.4 Å². The predicted molar refractivity (Wildman–Crippen MR) is 69.3 cm³/mol. The highest BCUT2D eigenvalue weighted by molar-refractivity contribution is 6.30. The summed E-state index contributed by atoms with van der Waals surface area (Å²) in [5, 5.41) is 0.696. The van der Waals surface area contributed by atoms with E-state index < -0.39 is 0 Å². The topological polar surface area (TPSA) is 46.3 Å². The van der Waals surface area contributed by atoms with Gasteiger partial charge in [-0.15, -0.1) is 0 Å². The van der Waals surface area contributed by atoms with Crippen LogP contribution in [0.15, 0.2) is 24.3 Å². The van der Waals surface area contributed by atoms with Crippen molar-refractivity contribution in [3.63, 3.8) is 0 Å². The highest BCUT2D eigenvalue weighted by Crippen LogP contribution is 2.22. The number of hydrogen-bond acceptors (Lipinski definition) is 3. The number of Topliss-reactive ketones (excluding diaryl/α,β-unsaturated/α-hetero) is 1. The highest BCUT2D eigenvalue weighted by atomic mass is 35.5. The number of nitrogens with two attached hydrogens (primary N) is 1. The first-order valence-electron chi connectivity index (χ1n) is 5.80. The van der Waals surface area contributed by atoms with E-state index in [4.69, 9.17) is 17.3 Å². The first kappa shape index (κ1) is 12.6. The molecular weight excluding hydrogens is 236 g/mol. The number of likely N-dealkylation sites (tertiary alicyclic amines) is 1.